The minimum absolute atomic E-state index is 0.0280. The van der Waals surface area contributed by atoms with Crippen LogP contribution in [-0.4, -0.2) is 44.2 Å². The Bertz CT molecular complexity index is 316. The highest BCUT2D eigenvalue weighted by Crippen LogP contribution is 2.13. The molecule has 1 unspecified atom stereocenters. The van der Waals surface area contributed by atoms with Gasteiger partial charge in [0, 0.05) is 21.1 Å². The van der Waals surface area contributed by atoms with Crippen molar-refractivity contribution in [2.45, 2.75) is 19.9 Å². The molecular formula is C8H17N3O2S. The van der Waals surface area contributed by atoms with Crippen molar-refractivity contribution in [2.75, 3.05) is 21.1 Å². The SMILES string of the molecule is CC(C)C(C#N)N(C)S(=O)(=O)N(C)C. The first-order valence-corrected chi connectivity index (χ1v) is 5.70. The second kappa shape index (κ2) is 4.73. The Morgan fingerprint density at radius 2 is 1.64 bits per heavy atom. The summed E-state index contributed by atoms with van der Waals surface area (Å²) < 4.78 is 25.5. The standard InChI is InChI=1S/C8H17N3O2S/c1-7(2)8(6-9)11(5)14(12,13)10(3)4/h7-8H,1-5H3. The first kappa shape index (κ1) is 13.4. The van der Waals surface area contributed by atoms with Crippen molar-refractivity contribution in [1.82, 2.24) is 8.61 Å². The van der Waals surface area contributed by atoms with E-state index < -0.39 is 16.3 Å². The highest BCUT2D eigenvalue weighted by molar-refractivity contribution is 7.86. The molecule has 0 rings (SSSR count). The normalized spacial score (nSPS) is 14.8. The molecule has 0 aromatic carbocycles. The number of nitrogens with zero attached hydrogens (tertiary/aromatic N) is 3. The van der Waals surface area contributed by atoms with E-state index in [9.17, 15) is 8.42 Å². The van der Waals surface area contributed by atoms with E-state index in [0.717, 1.165) is 8.61 Å². The molecule has 0 radical (unpaired) electrons. The zero-order chi connectivity index (χ0) is 11.5. The average molecular weight is 219 g/mol. The van der Waals surface area contributed by atoms with Crippen molar-refractivity contribution in [3.63, 3.8) is 0 Å². The summed E-state index contributed by atoms with van der Waals surface area (Å²) in [5, 5.41) is 8.84. The van der Waals surface area contributed by atoms with Crippen LogP contribution in [0, 0.1) is 17.2 Å². The van der Waals surface area contributed by atoms with Crippen molar-refractivity contribution >= 4 is 10.2 Å². The summed E-state index contributed by atoms with van der Waals surface area (Å²) in [6.45, 7) is 3.63. The minimum Gasteiger partial charge on any atom is -0.197 e. The molecule has 0 bridgehead atoms. The monoisotopic (exact) mass is 219 g/mol. The average Bonchev–Trinajstić information content (AvgIpc) is 2.04. The van der Waals surface area contributed by atoms with Crippen molar-refractivity contribution in [3.8, 4) is 6.07 Å². The maximum absolute atomic E-state index is 11.6. The van der Waals surface area contributed by atoms with E-state index in [-0.39, 0.29) is 5.92 Å². The Morgan fingerprint density at radius 3 is 1.86 bits per heavy atom. The first-order valence-electron chi connectivity index (χ1n) is 4.30. The van der Waals surface area contributed by atoms with Crippen LogP contribution < -0.4 is 0 Å². The predicted molar refractivity (Wildman–Crippen MR) is 54.6 cm³/mol. The van der Waals surface area contributed by atoms with Crippen LogP contribution in [0.4, 0.5) is 0 Å². The number of hydrogen-bond acceptors (Lipinski definition) is 3. The molecule has 82 valence electrons. The molecule has 0 saturated heterocycles. The molecule has 1 atom stereocenters. The van der Waals surface area contributed by atoms with E-state index in [1.54, 1.807) is 0 Å². The molecular weight excluding hydrogens is 202 g/mol. The Morgan fingerprint density at radius 1 is 1.21 bits per heavy atom. The van der Waals surface area contributed by atoms with E-state index in [1.807, 2.05) is 19.9 Å². The number of hydrogen-bond donors (Lipinski definition) is 0. The molecule has 0 spiro atoms. The molecule has 0 aromatic rings. The maximum Gasteiger partial charge on any atom is 0.282 e. The lowest BCUT2D eigenvalue weighted by atomic mass is 10.1. The van der Waals surface area contributed by atoms with Crippen molar-refractivity contribution < 1.29 is 8.42 Å². The molecule has 0 amide bonds. The van der Waals surface area contributed by atoms with Crippen LogP contribution in [0.1, 0.15) is 13.8 Å². The van der Waals surface area contributed by atoms with E-state index >= 15 is 0 Å². The third-order valence-electron chi connectivity index (χ3n) is 1.98. The summed E-state index contributed by atoms with van der Waals surface area (Å²) in [6.07, 6.45) is 0. The zero-order valence-corrected chi connectivity index (χ0v) is 10.0. The van der Waals surface area contributed by atoms with Gasteiger partial charge in [0.05, 0.1) is 6.07 Å². The van der Waals surface area contributed by atoms with Gasteiger partial charge in [-0.25, -0.2) is 0 Å². The number of nitriles is 1. The lowest BCUT2D eigenvalue weighted by molar-refractivity contribution is 0.331. The van der Waals surface area contributed by atoms with Gasteiger partial charge in [-0.2, -0.15) is 22.3 Å². The summed E-state index contributed by atoms with van der Waals surface area (Å²) in [7, 11) is 0.821. The van der Waals surface area contributed by atoms with Crippen LogP contribution in [0.3, 0.4) is 0 Å². The Kier molecular flexibility index (Phi) is 4.52. The van der Waals surface area contributed by atoms with Crippen LogP contribution in [0.15, 0.2) is 0 Å². The third-order valence-corrected chi connectivity index (χ3v) is 3.86. The second-order valence-corrected chi connectivity index (χ2v) is 5.83. The third kappa shape index (κ3) is 2.67. The van der Waals surface area contributed by atoms with E-state index in [2.05, 4.69) is 0 Å². The molecule has 0 aromatic heterocycles. The minimum atomic E-state index is -3.49. The molecule has 0 aliphatic rings. The highest BCUT2D eigenvalue weighted by atomic mass is 32.2. The summed E-state index contributed by atoms with van der Waals surface area (Å²) in [4.78, 5) is 0. The van der Waals surface area contributed by atoms with Crippen molar-refractivity contribution in [2.24, 2.45) is 5.92 Å². The quantitative estimate of drug-likeness (QED) is 0.682. The first-order chi connectivity index (χ1) is 6.25. The van der Waals surface area contributed by atoms with E-state index in [0.29, 0.717) is 0 Å². The topological polar surface area (TPSA) is 64.4 Å². The van der Waals surface area contributed by atoms with Gasteiger partial charge in [0.1, 0.15) is 6.04 Å². The summed E-state index contributed by atoms with van der Waals surface area (Å²) >= 11 is 0. The van der Waals surface area contributed by atoms with Gasteiger partial charge in [-0.3, -0.25) is 0 Å². The molecule has 0 aliphatic carbocycles. The van der Waals surface area contributed by atoms with Gasteiger partial charge >= 0.3 is 0 Å². The van der Waals surface area contributed by atoms with Gasteiger partial charge in [0.15, 0.2) is 0 Å². The molecule has 0 aliphatic heterocycles. The Hall–Kier alpha value is -0.640. The van der Waals surface area contributed by atoms with Crippen LogP contribution in [0.5, 0.6) is 0 Å². The van der Waals surface area contributed by atoms with Gasteiger partial charge < -0.3 is 0 Å². The van der Waals surface area contributed by atoms with Crippen LogP contribution in [0.2, 0.25) is 0 Å². The van der Waals surface area contributed by atoms with Crippen LogP contribution in [-0.2, 0) is 10.2 Å². The van der Waals surface area contributed by atoms with Crippen LogP contribution >= 0.6 is 0 Å². The summed E-state index contributed by atoms with van der Waals surface area (Å²) in [5.41, 5.74) is 0. The molecule has 0 saturated carbocycles. The van der Waals surface area contributed by atoms with Gasteiger partial charge in [-0.1, -0.05) is 13.8 Å². The molecule has 0 N–H and O–H groups in total. The van der Waals surface area contributed by atoms with E-state index in [1.165, 1.54) is 21.1 Å². The molecule has 14 heavy (non-hydrogen) atoms. The van der Waals surface area contributed by atoms with Gasteiger partial charge in [-0.05, 0) is 5.92 Å². The Balaban J connectivity index is 4.96. The zero-order valence-electron chi connectivity index (χ0n) is 9.22. The molecule has 0 fully saturated rings. The fourth-order valence-electron chi connectivity index (χ4n) is 1.05. The summed E-state index contributed by atoms with van der Waals surface area (Å²) in [5.74, 6) is -0.0280. The second-order valence-electron chi connectivity index (χ2n) is 3.62. The van der Waals surface area contributed by atoms with Crippen molar-refractivity contribution in [3.05, 3.63) is 0 Å². The lowest BCUT2D eigenvalue weighted by Gasteiger charge is -2.27. The van der Waals surface area contributed by atoms with Gasteiger partial charge in [0.25, 0.3) is 10.2 Å². The lowest BCUT2D eigenvalue weighted by Crippen LogP contribution is -2.45. The molecule has 6 heteroatoms. The van der Waals surface area contributed by atoms with Crippen LogP contribution in [0.25, 0.3) is 0 Å². The van der Waals surface area contributed by atoms with Gasteiger partial charge in [0.2, 0.25) is 0 Å². The summed E-state index contributed by atoms with van der Waals surface area (Å²) in [6, 6.07) is 1.36. The molecule has 0 heterocycles. The van der Waals surface area contributed by atoms with E-state index in [4.69, 9.17) is 5.26 Å². The van der Waals surface area contributed by atoms with Gasteiger partial charge in [-0.15, -0.1) is 0 Å². The smallest absolute Gasteiger partial charge is 0.197 e. The number of rotatable bonds is 4. The predicted octanol–water partition coefficient (Wildman–Crippen LogP) is 0.273. The fraction of sp³-hybridized carbons (Fsp3) is 0.875. The molecule has 5 nitrogen and oxygen atoms in total. The Labute approximate surface area is 86.1 Å². The fourth-order valence-corrected chi connectivity index (χ4v) is 2.14. The largest absolute Gasteiger partial charge is 0.282 e. The highest BCUT2D eigenvalue weighted by Gasteiger charge is 2.29. The maximum atomic E-state index is 11.6. The van der Waals surface area contributed by atoms with Crippen molar-refractivity contribution in [1.29, 1.82) is 5.26 Å².